The first kappa shape index (κ1) is 13.4. The molecule has 0 aliphatic carbocycles. The van der Waals surface area contributed by atoms with Gasteiger partial charge in [-0.05, 0) is 30.3 Å². The van der Waals surface area contributed by atoms with E-state index >= 15 is 0 Å². The Morgan fingerprint density at radius 2 is 1.81 bits per heavy atom. The van der Waals surface area contributed by atoms with Crippen LogP contribution < -0.4 is 5.56 Å². The number of carbonyl (C=O) groups excluding carboxylic acids is 1. The second kappa shape index (κ2) is 5.07. The molecule has 3 rings (SSSR count). The Morgan fingerprint density at radius 1 is 1.10 bits per heavy atom. The van der Waals surface area contributed by atoms with Crippen molar-refractivity contribution in [3.63, 3.8) is 0 Å². The average molecular weight is 300 g/mol. The smallest absolute Gasteiger partial charge is 0.269 e. The molecule has 0 radical (unpaired) electrons. The minimum atomic E-state index is -0.566. The molecule has 0 atom stereocenters. The molecule has 4 nitrogen and oxygen atoms in total. The number of para-hydroxylation sites is 1. The van der Waals surface area contributed by atoms with Gasteiger partial charge in [0.1, 0.15) is 11.3 Å². The molecule has 1 aromatic heterocycles. The number of nitrogens with zero attached hydrogens (tertiary/aromatic N) is 1. The molecule has 21 heavy (non-hydrogen) atoms. The standard InChI is InChI=1S/C16H10ClNO3/c17-10-6-7-14-12(8-10)15(20)13(9-19)16(21)18(14)11-4-2-1-3-5-11/h1-9,20H. The summed E-state index contributed by atoms with van der Waals surface area (Å²) >= 11 is 5.94. The maximum absolute atomic E-state index is 12.5. The highest BCUT2D eigenvalue weighted by Gasteiger charge is 2.16. The summed E-state index contributed by atoms with van der Waals surface area (Å²) in [6.45, 7) is 0. The Balaban J connectivity index is 2.54. The Bertz CT molecular complexity index is 901. The predicted octanol–water partition coefficient (Wildman–Crippen LogP) is 3.16. The fraction of sp³-hybridized carbons (Fsp3) is 0. The summed E-state index contributed by atoms with van der Waals surface area (Å²) < 4.78 is 1.38. The quantitative estimate of drug-likeness (QED) is 0.739. The fourth-order valence-corrected chi connectivity index (χ4v) is 2.48. The van der Waals surface area contributed by atoms with Gasteiger partial charge in [-0.15, -0.1) is 0 Å². The molecule has 0 fully saturated rings. The first-order valence-electron chi connectivity index (χ1n) is 6.21. The lowest BCUT2D eigenvalue weighted by Gasteiger charge is -2.13. The zero-order valence-corrected chi connectivity index (χ0v) is 11.5. The van der Waals surface area contributed by atoms with Crippen LogP contribution in [0.1, 0.15) is 10.4 Å². The van der Waals surface area contributed by atoms with Crippen molar-refractivity contribution in [2.24, 2.45) is 0 Å². The first-order chi connectivity index (χ1) is 10.1. The van der Waals surface area contributed by atoms with Crippen molar-refractivity contribution in [1.29, 1.82) is 0 Å². The van der Waals surface area contributed by atoms with Crippen molar-refractivity contribution in [2.75, 3.05) is 0 Å². The maximum atomic E-state index is 12.5. The van der Waals surface area contributed by atoms with Crippen molar-refractivity contribution in [2.45, 2.75) is 0 Å². The number of fused-ring (bicyclic) bond motifs is 1. The average Bonchev–Trinajstić information content (AvgIpc) is 2.50. The van der Waals surface area contributed by atoms with Crippen LogP contribution >= 0.6 is 11.6 Å². The summed E-state index contributed by atoms with van der Waals surface area (Å²) in [5, 5.41) is 10.9. The van der Waals surface area contributed by atoms with E-state index in [1.54, 1.807) is 36.4 Å². The highest BCUT2D eigenvalue weighted by molar-refractivity contribution is 6.31. The summed E-state index contributed by atoms with van der Waals surface area (Å²) in [5.74, 6) is -0.348. The van der Waals surface area contributed by atoms with E-state index in [-0.39, 0.29) is 11.3 Å². The molecule has 3 aromatic rings. The fourth-order valence-electron chi connectivity index (χ4n) is 2.31. The van der Waals surface area contributed by atoms with Crippen molar-refractivity contribution in [1.82, 2.24) is 4.57 Å². The number of aromatic nitrogens is 1. The van der Waals surface area contributed by atoms with Crippen molar-refractivity contribution in [3.8, 4) is 11.4 Å². The van der Waals surface area contributed by atoms with Crippen LogP contribution in [0.4, 0.5) is 0 Å². The summed E-state index contributed by atoms with van der Waals surface area (Å²) in [4.78, 5) is 23.6. The molecule has 104 valence electrons. The lowest BCUT2D eigenvalue weighted by Crippen LogP contribution is -2.22. The second-order valence-electron chi connectivity index (χ2n) is 4.52. The van der Waals surface area contributed by atoms with E-state index in [2.05, 4.69) is 0 Å². The van der Waals surface area contributed by atoms with Gasteiger partial charge in [-0.1, -0.05) is 29.8 Å². The number of aldehydes is 1. The third-order valence-electron chi connectivity index (χ3n) is 3.28. The van der Waals surface area contributed by atoms with Crippen molar-refractivity contribution >= 4 is 28.8 Å². The largest absolute Gasteiger partial charge is 0.506 e. The topological polar surface area (TPSA) is 59.3 Å². The molecule has 0 saturated carbocycles. The van der Waals surface area contributed by atoms with Crippen LogP contribution in [0.2, 0.25) is 5.02 Å². The van der Waals surface area contributed by atoms with Gasteiger partial charge in [0, 0.05) is 16.1 Å². The van der Waals surface area contributed by atoms with Crippen molar-refractivity contribution in [3.05, 3.63) is 69.5 Å². The lowest BCUT2D eigenvalue weighted by atomic mass is 10.1. The highest BCUT2D eigenvalue weighted by atomic mass is 35.5. The van der Waals surface area contributed by atoms with Crippen LogP contribution in [0, 0.1) is 0 Å². The van der Waals surface area contributed by atoms with E-state index in [1.807, 2.05) is 6.07 Å². The number of carbonyl (C=O) groups is 1. The minimum absolute atomic E-state index is 0.284. The molecule has 1 heterocycles. The van der Waals surface area contributed by atoms with Crippen LogP contribution in [0.5, 0.6) is 5.75 Å². The predicted molar refractivity (Wildman–Crippen MR) is 81.6 cm³/mol. The number of rotatable bonds is 2. The number of hydrogen-bond acceptors (Lipinski definition) is 3. The first-order valence-corrected chi connectivity index (χ1v) is 6.59. The third kappa shape index (κ3) is 2.10. The van der Waals surface area contributed by atoms with Crippen LogP contribution in [-0.2, 0) is 0 Å². The number of hydrogen-bond donors (Lipinski definition) is 1. The molecule has 1 N–H and O–H groups in total. The summed E-state index contributed by atoms with van der Waals surface area (Å²) in [6, 6.07) is 13.7. The molecule has 0 amide bonds. The van der Waals surface area contributed by atoms with E-state index in [0.29, 0.717) is 27.9 Å². The third-order valence-corrected chi connectivity index (χ3v) is 3.51. The number of benzene rings is 2. The van der Waals surface area contributed by atoms with Gasteiger partial charge in [-0.2, -0.15) is 0 Å². The summed E-state index contributed by atoms with van der Waals surface area (Å²) in [7, 11) is 0. The van der Waals surface area contributed by atoms with Gasteiger partial charge in [0.2, 0.25) is 0 Å². The number of pyridine rings is 1. The lowest BCUT2D eigenvalue weighted by molar-refractivity contribution is 0.111. The Morgan fingerprint density at radius 3 is 2.48 bits per heavy atom. The Hall–Kier alpha value is -2.59. The molecule has 0 saturated heterocycles. The minimum Gasteiger partial charge on any atom is -0.506 e. The molecule has 0 bridgehead atoms. The summed E-state index contributed by atoms with van der Waals surface area (Å²) in [6.07, 6.45) is 0.359. The number of aromatic hydroxyl groups is 1. The van der Waals surface area contributed by atoms with Crippen molar-refractivity contribution < 1.29 is 9.90 Å². The van der Waals surface area contributed by atoms with E-state index in [9.17, 15) is 14.7 Å². The molecular weight excluding hydrogens is 290 g/mol. The molecule has 0 aliphatic rings. The van der Waals surface area contributed by atoms with Gasteiger partial charge in [0.05, 0.1) is 5.52 Å². The monoisotopic (exact) mass is 299 g/mol. The van der Waals surface area contributed by atoms with Gasteiger partial charge < -0.3 is 5.11 Å². The van der Waals surface area contributed by atoms with Crippen LogP contribution in [-0.4, -0.2) is 16.0 Å². The van der Waals surface area contributed by atoms with Gasteiger partial charge in [0.15, 0.2) is 6.29 Å². The highest BCUT2D eigenvalue weighted by Crippen LogP contribution is 2.29. The Labute approximate surface area is 124 Å². The molecule has 0 spiro atoms. The van der Waals surface area contributed by atoms with Gasteiger partial charge in [-0.25, -0.2) is 0 Å². The molecule has 5 heteroatoms. The normalized spacial score (nSPS) is 10.7. The molecule has 0 aliphatic heterocycles. The Kier molecular flexibility index (Phi) is 3.23. The van der Waals surface area contributed by atoms with E-state index in [1.165, 1.54) is 10.6 Å². The van der Waals surface area contributed by atoms with Crippen LogP contribution in [0.3, 0.4) is 0 Å². The van der Waals surface area contributed by atoms with Gasteiger partial charge in [0.25, 0.3) is 5.56 Å². The zero-order valence-electron chi connectivity index (χ0n) is 10.8. The van der Waals surface area contributed by atoms with E-state index < -0.39 is 5.56 Å². The SMILES string of the molecule is O=Cc1c(O)c2cc(Cl)ccc2n(-c2ccccc2)c1=O. The summed E-state index contributed by atoms with van der Waals surface area (Å²) in [5.41, 5.74) is 0.244. The van der Waals surface area contributed by atoms with Crippen LogP contribution in [0.25, 0.3) is 16.6 Å². The zero-order chi connectivity index (χ0) is 15.0. The molecular formula is C16H10ClNO3. The van der Waals surface area contributed by atoms with Gasteiger partial charge >= 0.3 is 0 Å². The van der Waals surface area contributed by atoms with E-state index in [4.69, 9.17) is 11.6 Å². The van der Waals surface area contributed by atoms with E-state index in [0.717, 1.165) is 0 Å². The molecule has 0 unspecified atom stereocenters. The second-order valence-corrected chi connectivity index (χ2v) is 4.95. The van der Waals surface area contributed by atoms with Crippen LogP contribution in [0.15, 0.2) is 53.3 Å². The number of halogens is 1. The maximum Gasteiger partial charge on any atom is 0.269 e. The van der Waals surface area contributed by atoms with Gasteiger partial charge in [-0.3, -0.25) is 14.2 Å². The molecule has 2 aromatic carbocycles.